The highest BCUT2D eigenvalue weighted by Gasteiger charge is 2.39. The number of nitrogens with zero attached hydrogens (tertiary/aromatic N) is 1. The van der Waals surface area contributed by atoms with Gasteiger partial charge in [0.05, 0.1) is 12.2 Å². The number of para-hydroxylation sites is 1. The first-order valence-corrected chi connectivity index (χ1v) is 11.1. The summed E-state index contributed by atoms with van der Waals surface area (Å²) in [5.74, 6) is -4.79. The molecule has 0 saturated carbocycles. The van der Waals surface area contributed by atoms with Crippen molar-refractivity contribution in [2.75, 3.05) is 6.61 Å². The largest absolute Gasteiger partial charge is 0.494 e. The maximum absolute atomic E-state index is 15.1. The van der Waals surface area contributed by atoms with Gasteiger partial charge < -0.3 is 4.74 Å². The van der Waals surface area contributed by atoms with E-state index < -0.39 is 52.1 Å². The summed E-state index contributed by atoms with van der Waals surface area (Å²) in [4.78, 5) is 18.1. The topological polar surface area (TPSA) is 38.7 Å². The smallest absolute Gasteiger partial charge is 0.190 e. The molecule has 34 heavy (non-hydrogen) atoms. The van der Waals surface area contributed by atoms with E-state index in [0.717, 1.165) is 0 Å². The number of rotatable bonds is 7. The Kier molecular flexibility index (Phi) is 6.82. The third-order valence-corrected chi connectivity index (χ3v) is 6.02. The second-order valence-electron chi connectivity index (χ2n) is 8.04. The Balaban J connectivity index is 1.83. The number of carbonyl (C=O) groups is 1. The quantitative estimate of drug-likeness (QED) is 0.227. The summed E-state index contributed by atoms with van der Waals surface area (Å²) in [6.07, 6.45) is 0.194. The van der Waals surface area contributed by atoms with Gasteiger partial charge in [-0.3, -0.25) is 9.79 Å². The number of halogens is 4. The zero-order valence-corrected chi connectivity index (χ0v) is 18.7. The fourth-order valence-electron chi connectivity index (χ4n) is 4.37. The molecule has 0 spiro atoms. The lowest BCUT2D eigenvalue weighted by molar-refractivity contribution is 0.0949. The Morgan fingerprint density at radius 3 is 2.38 bits per heavy atom. The summed E-state index contributed by atoms with van der Waals surface area (Å²) >= 11 is 0. The van der Waals surface area contributed by atoms with Gasteiger partial charge >= 0.3 is 0 Å². The van der Waals surface area contributed by atoms with Gasteiger partial charge in [-0.15, -0.1) is 0 Å². The van der Waals surface area contributed by atoms with Gasteiger partial charge in [0.1, 0.15) is 23.4 Å². The van der Waals surface area contributed by atoms with E-state index in [1.165, 1.54) is 19.1 Å². The van der Waals surface area contributed by atoms with Crippen LogP contribution in [0.25, 0.3) is 0 Å². The molecule has 2 unspecified atom stereocenters. The van der Waals surface area contributed by atoms with Crippen LogP contribution in [0.1, 0.15) is 53.2 Å². The van der Waals surface area contributed by atoms with E-state index in [1.54, 1.807) is 36.4 Å². The Morgan fingerprint density at radius 2 is 1.71 bits per heavy atom. The van der Waals surface area contributed by atoms with Gasteiger partial charge in [-0.2, -0.15) is 0 Å². The molecule has 0 saturated heterocycles. The molecule has 0 aromatic heterocycles. The summed E-state index contributed by atoms with van der Waals surface area (Å²) < 4.78 is 62.6. The molecule has 0 amide bonds. The van der Waals surface area contributed by atoms with E-state index in [9.17, 15) is 18.0 Å². The molecule has 1 aliphatic rings. The third-order valence-electron chi connectivity index (χ3n) is 6.02. The van der Waals surface area contributed by atoms with Crippen LogP contribution >= 0.6 is 0 Å². The molecule has 0 aliphatic carbocycles. The van der Waals surface area contributed by atoms with E-state index in [4.69, 9.17) is 4.74 Å². The molecule has 0 bridgehead atoms. The van der Waals surface area contributed by atoms with E-state index in [0.29, 0.717) is 41.7 Å². The van der Waals surface area contributed by atoms with Crippen molar-refractivity contribution in [2.45, 2.75) is 38.6 Å². The molecule has 4 rings (SSSR count). The first kappa shape index (κ1) is 23.7. The minimum atomic E-state index is -1.29. The molecule has 0 radical (unpaired) electrons. The Morgan fingerprint density at radius 1 is 1.00 bits per heavy atom. The number of Topliss-reactive ketones (excluding diaryl/α,β-unsaturated/α-hetero) is 1. The molecule has 1 heterocycles. The van der Waals surface area contributed by atoms with Crippen LogP contribution in [0.2, 0.25) is 0 Å². The van der Waals surface area contributed by atoms with Crippen molar-refractivity contribution in [1.82, 2.24) is 0 Å². The Hall–Kier alpha value is -3.48. The molecule has 7 heteroatoms. The Bertz CT molecular complexity index is 1250. The number of ether oxygens (including phenoxy) is 1. The summed E-state index contributed by atoms with van der Waals surface area (Å²) in [5, 5.41) is 0. The average Bonchev–Trinajstić information content (AvgIpc) is 3.28. The Labute approximate surface area is 195 Å². The van der Waals surface area contributed by atoms with E-state index in [2.05, 4.69) is 4.99 Å². The molecule has 1 aliphatic heterocycles. The van der Waals surface area contributed by atoms with Crippen molar-refractivity contribution in [2.24, 2.45) is 4.99 Å². The van der Waals surface area contributed by atoms with E-state index in [-0.39, 0.29) is 6.42 Å². The fraction of sp³-hybridized carbons (Fsp3) is 0.259. The first-order valence-electron chi connectivity index (χ1n) is 11.1. The fourth-order valence-corrected chi connectivity index (χ4v) is 4.37. The van der Waals surface area contributed by atoms with Gasteiger partial charge in [-0.25, -0.2) is 17.6 Å². The lowest BCUT2D eigenvalue weighted by Gasteiger charge is -2.21. The predicted molar refractivity (Wildman–Crippen MR) is 122 cm³/mol. The minimum absolute atomic E-state index is 0.110. The number of benzene rings is 3. The molecule has 3 nitrogen and oxygen atoms in total. The zero-order chi connectivity index (χ0) is 24.4. The first-order chi connectivity index (χ1) is 16.3. The van der Waals surface area contributed by atoms with Crippen LogP contribution in [0, 0.1) is 23.3 Å². The second-order valence-corrected chi connectivity index (χ2v) is 8.04. The van der Waals surface area contributed by atoms with Crippen molar-refractivity contribution in [3.8, 4) is 5.75 Å². The second kappa shape index (κ2) is 9.79. The summed E-state index contributed by atoms with van der Waals surface area (Å²) in [7, 11) is 0. The van der Waals surface area contributed by atoms with Gasteiger partial charge in [0.2, 0.25) is 0 Å². The molecule has 0 N–H and O–H groups in total. The van der Waals surface area contributed by atoms with Gasteiger partial charge in [-0.05, 0) is 49.6 Å². The lowest BCUT2D eigenvalue weighted by Crippen LogP contribution is -2.25. The van der Waals surface area contributed by atoms with Crippen molar-refractivity contribution >= 4 is 11.5 Å². The summed E-state index contributed by atoms with van der Waals surface area (Å²) in [5.41, 5.74) is 0.838. The number of hydrogen-bond donors (Lipinski definition) is 0. The highest BCUT2D eigenvalue weighted by molar-refractivity contribution is 6.09. The normalized spacial score (nSPS) is 17.5. The van der Waals surface area contributed by atoms with Crippen LogP contribution in [0.3, 0.4) is 0 Å². The molecular weight excluding hydrogens is 446 g/mol. The lowest BCUT2D eigenvalue weighted by atomic mass is 9.84. The minimum Gasteiger partial charge on any atom is -0.494 e. The van der Waals surface area contributed by atoms with Crippen LogP contribution in [-0.4, -0.2) is 24.1 Å². The molecule has 0 fully saturated rings. The van der Waals surface area contributed by atoms with Crippen molar-refractivity contribution in [3.05, 3.63) is 100 Å². The summed E-state index contributed by atoms with van der Waals surface area (Å²) in [6.45, 7) is 3.71. The van der Waals surface area contributed by atoms with Gasteiger partial charge in [-0.1, -0.05) is 37.3 Å². The highest BCUT2D eigenvalue weighted by Crippen LogP contribution is 2.40. The summed E-state index contributed by atoms with van der Waals surface area (Å²) in [6, 6.07) is 12.4. The average molecular weight is 469 g/mol. The van der Waals surface area contributed by atoms with Crippen LogP contribution < -0.4 is 4.74 Å². The molecule has 176 valence electrons. The zero-order valence-electron chi connectivity index (χ0n) is 18.7. The number of carbonyl (C=O) groups excluding carboxylic acids is 1. The number of ketones is 1. The monoisotopic (exact) mass is 469 g/mol. The molecule has 3 aromatic carbocycles. The standard InChI is InChI=1S/C27H23F4NO2/c1-3-17-24(30)20(13-21(29)25(17)31)27(33)26-19(18-7-5-6-8-23(18)34-4-2)14-22(32-26)15-9-11-16(28)12-10-15/h5-13,19,26H,3-4,14H2,1-2H3. The van der Waals surface area contributed by atoms with Gasteiger partial charge in [0, 0.05) is 22.8 Å². The van der Waals surface area contributed by atoms with Gasteiger partial charge in [0.15, 0.2) is 17.4 Å². The maximum Gasteiger partial charge on any atom is 0.190 e. The molecular formula is C27H23F4NO2. The van der Waals surface area contributed by atoms with Crippen molar-refractivity contribution in [3.63, 3.8) is 0 Å². The number of aliphatic imine (C=N–C) groups is 1. The van der Waals surface area contributed by atoms with Crippen molar-refractivity contribution < 1.29 is 27.1 Å². The maximum atomic E-state index is 15.1. The SMILES string of the molecule is CCOc1ccccc1C1CC(c2ccc(F)cc2)=NC1C(=O)c1cc(F)c(F)c(CC)c1F. The van der Waals surface area contributed by atoms with Crippen LogP contribution in [-0.2, 0) is 6.42 Å². The van der Waals surface area contributed by atoms with Crippen LogP contribution in [0.5, 0.6) is 5.75 Å². The highest BCUT2D eigenvalue weighted by atomic mass is 19.2. The van der Waals surface area contributed by atoms with Crippen molar-refractivity contribution in [1.29, 1.82) is 0 Å². The van der Waals surface area contributed by atoms with E-state index >= 15 is 4.39 Å². The van der Waals surface area contributed by atoms with Crippen LogP contribution in [0.15, 0.2) is 59.6 Å². The van der Waals surface area contributed by atoms with Crippen LogP contribution in [0.4, 0.5) is 17.6 Å². The van der Waals surface area contributed by atoms with E-state index in [1.807, 2.05) is 6.92 Å². The third kappa shape index (κ3) is 4.34. The van der Waals surface area contributed by atoms with Gasteiger partial charge in [0.25, 0.3) is 0 Å². The molecule has 3 aromatic rings. The molecule has 2 atom stereocenters. The number of hydrogen-bond acceptors (Lipinski definition) is 3. The predicted octanol–water partition coefficient (Wildman–Crippen LogP) is 6.43.